The number of esters is 1. The van der Waals surface area contributed by atoms with Crippen LogP contribution < -0.4 is 4.74 Å². The second-order valence-corrected chi connectivity index (χ2v) is 10.3. The number of carbonyl (C=O) groups excluding carboxylic acids is 2. The first-order valence-electron chi connectivity index (χ1n) is 14.9. The predicted octanol–water partition coefficient (Wildman–Crippen LogP) is 8.33. The number of benzene rings is 1. The van der Waals surface area contributed by atoms with Gasteiger partial charge in [0.2, 0.25) is 6.79 Å². The number of carbonyl (C=O) groups is 2. The molecule has 7 heteroatoms. The molecular formula is C32H50N2O5. The lowest BCUT2D eigenvalue weighted by Crippen LogP contribution is -2.30. The SMILES string of the molecule is CCCCCCCC/C=C\CCCCCCCC(=O)OCOC(=O)N(C)CCc1c[nH]c2ccc(OC)cc12. The average molecular weight is 543 g/mol. The summed E-state index contributed by atoms with van der Waals surface area (Å²) in [7, 11) is 3.31. The Morgan fingerprint density at radius 1 is 0.897 bits per heavy atom. The van der Waals surface area contributed by atoms with E-state index in [1.165, 1.54) is 62.7 Å². The van der Waals surface area contributed by atoms with Gasteiger partial charge in [0.15, 0.2) is 0 Å². The summed E-state index contributed by atoms with van der Waals surface area (Å²) in [6.07, 6.45) is 22.9. The zero-order valence-electron chi connectivity index (χ0n) is 24.5. The quantitative estimate of drug-likeness (QED) is 0.0742. The van der Waals surface area contributed by atoms with E-state index in [4.69, 9.17) is 14.2 Å². The van der Waals surface area contributed by atoms with Crippen LogP contribution in [0, 0.1) is 0 Å². The molecule has 1 N–H and O–H groups in total. The van der Waals surface area contributed by atoms with E-state index in [2.05, 4.69) is 24.1 Å². The Hall–Kier alpha value is -2.96. The van der Waals surface area contributed by atoms with Gasteiger partial charge in [-0.05, 0) is 62.3 Å². The van der Waals surface area contributed by atoms with Crippen LogP contribution in [0.2, 0.25) is 0 Å². The molecule has 0 aliphatic carbocycles. The average Bonchev–Trinajstić information content (AvgIpc) is 3.35. The van der Waals surface area contributed by atoms with Crippen LogP contribution in [0.3, 0.4) is 0 Å². The van der Waals surface area contributed by atoms with Crippen molar-refractivity contribution >= 4 is 23.0 Å². The van der Waals surface area contributed by atoms with Crippen LogP contribution in [0.1, 0.15) is 102 Å². The summed E-state index contributed by atoms with van der Waals surface area (Å²) in [5.74, 6) is 0.468. The third kappa shape index (κ3) is 13.6. The number of ether oxygens (including phenoxy) is 3. The number of fused-ring (bicyclic) bond motifs is 1. The van der Waals surface area contributed by atoms with E-state index in [-0.39, 0.29) is 12.8 Å². The number of nitrogens with zero attached hydrogens (tertiary/aromatic N) is 1. The van der Waals surface area contributed by atoms with Crippen molar-refractivity contribution in [2.45, 2.75) is 103 Å². The fourth-order valence-electron chi connectivity index (χ4n) is 4.54. The number of aromatic amines is 1. The number of hydrogen-bond donors (Lipinski definition) is 1. The standard InChI is InChI=1S/C32H50N2O5/c1-4-5-6-7-8-9-10-11-12-13-14-15-16-17-18-19-31(35)38-26-39-32(36)34(2)23-22-27-25-33-30-21-20-28(37-3)24-29(27)30/h11-12,20-21,24-25,33H,4-10,13-19,22-23,26H2,1-3H3/b12-11-. The van der Waals surface area contributed by atoms with Crippen molar-refractivity contribution in [2.24, 2.45) is 0 Å². The number of nitrogens with one attached hydrogen (secondary N) is 1. The zero-order chi connectivity index (χ0) is 28.1. The number of rotatable bonds is 21. The minimum absolute atomic E-state index is 0.323. The first-order valence-corrected chi connectivity index (χ1v) is 14.9. The van der Waals surface area contributed by atoms with Crippen LogP contribution in [-0.4, -0.2) is 49.4 Å². The third-order valence-electron chi connectivity index (χ3n) is 7.05. The largest absolute Gasteiger partial charge is 0.497 e. The molecule has 0 aliphatic rings. The van der Waals surface area contributed by atoms with Crippen molar-refractivity contribution in [2.75, 3.05) is 27.5 Å². The van der Waals surface area contributed by atoms with Crippen LogP contribution >= 0.6 is 0 Å². The van der Waals surface area contributed by atoms with E-state index >= 15 is 0 Å². The molecule has 0 fully saturated rings. The lowest BCUT2D eigenvalue weighted by molar-refractivity contribution is -0.152. The van der Waals surface area contributed by atoms with Crippen LogP contribution in [-0.2, 0) is 20.7 Å². The Labute approximate surface area is 235 Å². The highest BCUT2D eigenvalue weighted by atomic mass is 16.7. The zero-order valence-corrected chi connectivity index (χ0v) is 24.5. The second-order valence-electron chi connectivity index (χ2n) is 10.3. The minimum Gasteiger partial charge on any atom is -0.497 e. The van der Waals surface area contributed by atoms with E-state index < -0.39 is 6.09 Å². The first kappa shape index (κ1) is 32.3. The molecule has 0 atom stereocenters. The summed E-state index contributed by atoms with van der Waals surface area (Å²) in [6.45, 7) is 2.38. The smallest absolute Gasteiger partial charge is 0.412 e. The lowest BCUT2D eigenvalue weighted by atomic mass is 10.1. The highest BCUT2D eigenvalue weighted by molar-refractivity contribution is 5.84. The molecule has 0 aliphatic heterocycles. The Morgan fingerprint density at radius 2 is 1.56 bits per heavy atom. The van der Waals surface area contributed by atoms with Crippen molar-refractivity contribution in [3.05, 3.63) is 42.1 Å². The monoisotopic (exact) mass is 542 g/mol. The van der Waals surface area contributed by atoms with Crippen LogP contribution in [0.25, 0.3) is 10.9 Å². The van der Waals surface area contributed by atoms with Gasteiger partial charge in [-0.2, -0.15) is 0 Å². The molecule has 1 heterocycles. The summed E-state index contributed by atoms with van der Waals surface area (Å²) < 4.78 is 15.5. The van der Waals surface area contributed by atoms with Crippen LogP contribution in [0.15, 0.2) is 36.5 Å². The van der Waals surface area contributed by atoms with Gasteiger partial charge in [-0.15, -0.1) is 0 Å². The van der Waals surface area contributed by atoms with Crippen LogP contribution in [0.5, 0.6) is 5.75 Å². The molecule has 0 bridgehead atoms. The number of allylic oxidation sites excluding steroid dienone is 2. The Kier molecular flexibility index (Phi) is 16.6. The van der Waals surface area contributed by atoms with E-state index in [0.29, 0.717) is 19.4 Å². The fraction of sp³-hybridized carbons (Fsp3) is 0.625. The van der Waals surface area contributed by atoms with Crippen molar-refractivity contribution in [1.82, 2.24) is 9.88 Å². The number of methoxy groups -OCH3 is 1. The summed E-state index contributed by atoms with van der Waals surface area (Å²) >= 11 is 0. The van der Waals surface area contributed by atoms with Gasteiger partial charge >= 0.3 is 12.1 Å². The molecule has 39 heavy (non-hydrogen) atoms. The van der Waals surface area contributed by atoms with Gasteiger partial charge in [-0.3, -0.25) is 4.79 Å². The Bertz CT molecular complexity index is 984. The number of hydrogen-bond acceptors (Lipinski definition) is 5. The number of amides is 1. The fourth-order valence-corrected chi connectivity index (χ4v) is 4.54. The van der Waals surface area contributed by atoms with Gasteiger partial charge in [0.05, 0.1) is 7.11 Å². The number of unbranched alkanes of at least 4 members (excludes halogenated alkanes) is 11. The van der Waals surface area contributed by atoms with Crippen molar-refractivity contribution < 1.29 is 23.8 Å². The molecule has 1 amide bonds. The van der Waals surface area contributed by atoms with E-state index in [9.17, 15) is 9.59 Å². The number of H-pyrrole nitrogens is 1. The van der Waals surface area contributed by atoms with Gasteiger partial charge in [0.25, 0.3) is 0 Å². The number of likely N-dealkylation sites (N-methyl/N-ethyl adjacent to an activating group) is 1. The third-order valence-corrected chi connectivity index (χ3v) is 7.05. The van der Waals surface area contributed by atoms with Gasteiger partial charge in [0, 0.05) is 37.1 Å². The Morgan fingerprint density at radius 3 is 2.26 bits per heavy atom. The molecular weight excluding hydrogens is 492 g/mol. The Balaban J connectivity index is 1.44. The predicted molar refractivity (Wildman–Crippen MR) is 158 cm³/mol. The normalized spacial score (nSPS) is 11.3. The van der Waals surface area contributed by atoms with Crippen LogP contribution in [0.4, 0.5) is 4.79 Å². The molecule has 0 unspecified atom stereocenters. The maximum atomic E-state index is 12.2. The van der Waals surface area contributed by atoms with E-state index in [1.807, 2.05) is 24.4 Å². The summed E-state index contributed by atoms with van der Waals surface area (Å²) in [4.78, 5) is 28.9. The van der Waals surface area contributed by atoms with Crippen molar-refractivity contribution in [3.63, 3.8) is 0 Å². The van der Waals surface area contributed by atoms with Gasteiger partial charge < -0.3 is 24.1 Å². The van der Waals surface area contributed by atoms with Gasteiger partial charge in [-0.1, -0.05) is 70.4 Å². The van der Waals surface area contributed by atoms with Crippen molar-refractivity contribution in [3.8, 4) is 5.75 Å². The molecule has 1 aromatic carbocycles. The molecule has 218 valence electrons. The van der Waals surface area contributed by atoms with Gasteiger partial charge in [0.1, 0.15) is 5.75 Å². The highest BCUT2D eigenvalue weighted by Crippen LogP contribution is 2.24. The topological polar surface area (TPSA) is 80.9 Å². The van der Waals surface area contributed by atoms with Gasteiger partial charge in [-0.25, -0.2) is 4.79 Å². The highest BCUT2D eigenvalue weighted by Gasteiger charge is 2.13. The molecule has 2 rings (SSSR count). The molecule has 0 spiro atoms. The van der Waals surface area contributed by atoms with Crippen molar-refractivity contribution in [1.29, 1.82) is 0 Å². The molecule has 0 radical (unpaired) electrons. The number of aromatic nitrogens is 1. The van der Waals surface area contributed by atoms with E-state index in [1.54, 1.807) is 14.2 Å². The first-order chi connectivity index (χ1) is 19.0. The molecule has 0 saturated carbocycles. The molecule has 2 aromatic rings. The minimum atomic E-state index is -0.513. The maximum Gasteiger partial charge on any atom is 0.412 e. The second kappa shape index (κ2) is 20.0. The lowest BCUT2D eigenvalue weighted by Gasteiger charge is -2.16. The maximum absolute atomic E-state index is 12.2. The van der Waals surface area contributed by atoms with E-state index in [0.717, 1.165) is 47.9 Å². The summed E-state index contributed by atoms with van der Waals surface area (Å²) in [5, 5.41) is 1.07. The molecule has 1 aromatic heterocycles. The molecule has 0 saturated heterocycles. The molecule has 7 nitrogen and oxygen atoms in total. The summed E-state index contributed by atoms with van der Waals surface area (Å²) in [6, 6.07) is 5.86. The summed E-state index contributed by atoms with van der Waals surface area (Å²) in [5.41, 5.74) is 2.11.